The quantitative estimate of drug-likeness (QED) is 0.762. The number of carbonyl (C=O) groups is 1. The van der Waals surface area contributed by atoms with Gasteiger partial charge in [-0.1, -0.05) is 23.2 Å². The Balaban J connectivity index is 1.89. The first-order chi connectivity index (χ1) is 9.63. The molecule has 0 aliphatic heterocycles. The first-order valence-electron chi connectivity index (χ1n) is 5.57. The maximum atomic E-state index is 12.1. The van der Waals surface area contributed by atoms with E-state index in [1.807, 2.05) is 6.07 Å². The number of rotatable bonds is 2. The summed E-state index contributed by atoms with van der Waals surface area (Å²) in [4.78, 5) is 12.1. The van der Waals surface area contributed by atoms with Gasteiger partial charge in [0.05, 0.1) is 17.3 Å². The van der Waals surface area contributed by atoms with Gasteiger partial charge in [0, 0.05) is 11.1 Å². The smallest absolute Gasteiger partial charge is 0.258 e. The van der Waals surface area contributed by atoms with Crippen molar-refractivity contribution < 1.29 is 4.79 Å². The Labute approximate surface area is 123 Å². The minimum Gasteiger partial charge on any atom is -0.322 e. The molecule has 3 rings (SSSR count). The molecule has 0 aliphatic carbocycles. The van der Waals surface area contributed by atoms with Crippen molar-refractivity contribution in [2.45, 2.75) is 0 Å². The molecule has 0 saturated carbocycles. The molecule has 6 nitrogen and oxygen atoms in total. The number of aromatic amines is 1. The third-order valence-electron chi connectivity index (χ3n) is 2.66. The van der Waals surface area contributed by atoms with Crippen LogP contribution in [0.4, 0.5) is 5.69 Å². The largest absolute Gasteiger partial charge is 0.322 e. The highest BCUT2D eigenvalue weighted by molar-refractivity contribution is 6.34. The molecular weight excluding hydrogens is 301 g/mol. The Bertz CT molecular complexity index is 801. The SMILES string of the molecule is O=C(Nc1ccc2[nH]ncc2c1)c1cc(Cl)nnc1Cl. The molecule has 3 aromatic rings. The Morgan fingerprint density at radius 3 is 2.90 bits per heavy atom. The lowest BCUT2D eigenvalue weighted by atomic mass is 10.2. The Kier molecular flexibility index (Phi) is 3.25. The van der Waals surface area contributed by atoms with Crippen LogP contribution in [-0.4, -0.2) is 26.3 Å². The van der Waals surface area contributed by atoms with Crippen molar-refractivity contribution in [3.05, 3.63) is 46.3 Å². The third-order valence-corrected chi connectivity index (χ3v) is 3.13. The molecule has 0 unspecified atom stereocenters. The van der Waals surface area contributed by atoms with Gasteiger partial charge in [-0.05, 0) is 24.3 Å². The van der Waals surface area contributed by atoms with Gasteiger partial charge in [-0.15, -0.1) is 10.2 Å². The molecule has 2 aromatic heterocycles. The molecule has 8 heteroatoms. The second kappa shape index (κ2) is 5.07. The molecule has 1 aromatic carbocycles. The molecule has 0 bridgehead atoms. The fourth-order valence-corrected chi connectivity index (χ4v) is 2.06. The number of fused-ring (bicyclic) bond motifs is 1. The highest BCUT2D eigenvalue weighted by Crippen LogP contribution is 2.20. The highest BCUT2D eigenvalue weighted by Gasteiger charge is 2.13. The number of H-pyrrole nitrogens is 1. The molecule has 0 atom stereocenters. The van der Waals surface area contributed by atoms with Gasteiger partial charge < -0.3 is 5.32 Å². The van der Waals surface area contributed by atoms with Gasteiger partial charge in [-0.25, -0.2) is 0 Å². The Morgan fingerprint density at radius 2 is 2.05 bits per heavy atom. The van der Waals surface area contributed by atoms with Gasteiger partial charge in [-0.3, -0.25) is 9.89 Å². The number of aromatic nitrogens is 4. The summed E-state index contributed by atoms with van der Waals surface area (Å²) in [5, 5.41) is 17.6. The van der Waals surface area contributed by atoms with Crippen LogP contribution in [0.25, 0.3) is 10.9 Å². The van der Waals surface area contributed by atoms with E-state index in [1.165, 1.54) is 6.07 Å². The van der Waals surface area contributed by atoms with E-state index in [4.69, 9.17) is 23.2 Å². The number of hydrogen-bond acceptors (Lipinski definition) is 4. The first-order valence-corrected chi connectivity index (χ1v) is 6.32. The van der Waals surface area contributed by atoms with Gasteiger partial charge in [-0.2, -0.15) is 5.10 Å². The predicted octanol–water partition coefficient (Wildman–Crippen LogP) is 2.91. The summed E-state index contributed by atoms with van der Waals surface area (Å²) in [6.07, 6.45) is 1.67. The van der Waals surface area contributed by atoms with E-state index in [9.17, 15) is 4.79 Å². The number of nitrogens with one attached hydrogen (secondary N) is 2. The van der Waals surface area contributed by atoms with Crippen molar-refractivity contribution >= 4 is 45.7 Å². The van der Waals surface area contributed by atoms with Crippen LogP contribution < -0.4 is 5.32 Å². The van der Waals surface area contributed by atoms with Crippen molar-refractivity contribution in [2.75, 3.05) is 5.32 Å². The van der Waals surface area contributed by atoms with Crippen molar-refractivity contribution in [3.8, 4) is 0 Å². The van der Waals surface area contributed by atoms with Gasteiger partial charge >= 0.3 is 0 Å². The Hall–Kier alpha value is -2.18. The molecule has 0 saturated heterocycles. The number of hydrogen-bond donors (Lipinski definition) is 2. The van der Waals surface area contributed by atoms with Crippen LogP contribution in [0.2, 0.25) is 10.3 Å². The maximum Gasteiger partial charge on any atom is 0.258 e. The molecule has 0 radical (unpaired) electrons. The molecule has 2 N–H and O–H groups in total. The maximum absolute atomic E-state index is 12.1. The van der Waals surface area contributed by atoms with E-state index in [-0.39, 0.29) is 15.9 Å². The average molecular weight is 308 g/mol. The molecule has 2 heterocycles. The average Bonchev–Trinajstić information content (AvgIpc) is 2.89. The predicted molar refractivity (Wildman–Crippen MR) is 76.1 cm³/mol. The summed E-state index contributed by atoms with van der Waals surface area (Å²) in [7, 11) is 0. The summed E-state index contributed by atoms with van der Waals surface area (Å²) >= 11 is 11.5. The van der Waals surface area contributed by atoms with E-state index < -0.39 is 5.91 Å². The van der Waals surface area contributed by atoms with Crippen molar-refractivity contribution in [1.82, 2.24) is 20.4 Å². The van der Waals surface area contributed by atoms with Crippen molar-refractivity contribution in [1.29, 1.82) is 0 Å². The van der Waals surface area contributed by atoms with Crippen molar-refractivity contribution in [3.63, 3.8) is 0 Å². The summed E-state index contributed by atoms with van der Waals surface area (Å²) in [5.74, 6) is -0.408. The van der Waals surface area contributed by atoms with Crippen LogP contribution in [0.1, 0.15) is 10.4 Å². The molecule has 20 heavy (non-hydrogen) atoms. The zero-order valence-electron chi connectivity index (χ0n) is 9.89. The summed E-state index contributed by atoms with van der Waals surface area (Å²) in [5.41, 5.74) is 1.67. The second-order valence-corrected chi connectivity index (χ2v) is 4.74. The van der Waals surface area contributed by atoms with Gasteiger partial charge in [0.15, 0.2) is 10.3 Å². The number of nitrogens with zero attached hydrogens (tertiary/aromatic N) is 3. The molecule has 0 spiro atoms. The van der Waals surface area contributed by atoms with E-state index in [0.29, 0.717) is 5.69 Å². The Morgan fingerprint density at radius 1 is 1.20 bits per heavy atom. The minimum atomic E-state index is -0.408. The number of carbonyl (C=O) groups excluding carboxylic acids is 1. The zero-order valence-corrected chi connectivity index (χ0v) is 11.4. The molecule has 100 valence electrons. The highest BCUT2D eigenvalue weighted by atomic mass is 35.5. The molecule has 0 fully saturated rings. The normalized spacial score (nSPS) is 10.7. The van der Waals surface area contributed by atoms with Crippen LogP contribution in [0, 0.1) is 0 Å². The summed E-state index contributed by atoms with van der Waals surface area (Å²) in [6.45, 7) is 0. The number of benzene rings is 1. The van der Waals surface area contributed by atoms with Crippen LogP contribution in [0.15, 0.2) is 30.5 Å². The standard InChI is InChI=1S/C12H7Cl2N5O/c13-10-4-8(11(14)19-18-10)12(20)16-7-1-2-9-6(3-7)5-15-17-9/h1-5H,(H,15,17)(H,16,20). The van der Waals surface area contributed by atoms with E-state index in [0.717, 1.165) is 10.9 Å². The number of anilines is 1. The lowest BCUT2D eigenvalue weighted by molar-refractivity contribution is 0.102. The molecule has 0 aliphatic rings. The van der Waals surface area contributed by atoms with Crippen LogP contribution in [0.3, 0.4) is 0 Å². The monoisotopic (exact) mass is 307 g/mol. The lowest BCUT2D eigenvalue weighted by Gasteiger charge is -2.06. The van der Waals surface area contributed by atoms with Gasteiger partial charge in [0.25, 0.3) is 5.91 Å². The molecule has 1 amide bonds. The zero-order chi connectivity index (χ0) is 14.1. The fourth-order valence-electron chi connectivity index (χ4n) is 1.73. The van der Waals surface area contributed by atoms with Gasteiger partial charge in [0.1, 0.15) is 0 Å². The van der Waals surface area contributed by atoms with Crippen LogP contribution in [-0.2, 0) is 0 Å². The number of amides is 1. The number of halogens is 2. The first kappa shape index (κ1) is 12.8. The minimum absolute atomic E-state index is 0.00344. The van der Waals surface area contributed by atoms with E-state index >= 15 is 0 Å². The van der Waals surface area contributed by atoms with Crippen molar-refractivity contribution in [2.24, 2.45) is 0 Å². The third kappa shape index (κ3) is 2.43. The van der Waals surface area contributed by atoms with Crippen LogP contribution in [0.5, 0.6) is 0 Å². The van der Waals surface area contributed by atoms with E-state index in [2.05, 4.69) is 25.7 Å². The topological polar surface area (TPSA) is 83.6 Å². The fraction of sp³-hybridized carbons (Fsp3) is 0. The molecular formula is C12H7Cl2N5O. The lowest BCUT2D eigenvalue weighted by Crippen LogP contribution is -2.13. The van der Waals surface area contributed by atoms with Crippen LogP contribution >= 0.6 is 23.2 Å². The summed E-state index contributed by atoms with van der Waals surface area (Å²) in [6, 6.07) is 6.73. The summed E-state index contributed by atoms with van der Waals surface area (Å²) < 4.78 is 0. The second-order valence-electron chi connectivity index (χ2n) is 4.00. The van der Waals surface area contributed by atoms with E-state index in [1.54, 1.807) is 18.3 Å². The van der Waals surface area contributed by atoms with Gasteiger partial charge in [0.2, 0.25) is 0 Å².